The van der Waals surface area contributed by atoms with E-state index in [2.05, 4.69) is 0 Å². The van der Waals surface area contributed by atoms with Gasteiger partial charge in [0.25, 0.3) is 5.92 Å². The van der Waals surface area contributed by atoms with Gasteiger partial charge in [-0.05, 0) is 58.8 Å². The molecule has 3 aliphatic carbocycles. The first-order valence-electron chi connectivity index (χ1n) is 8.79. The standard InChI is InChI=1S/C20H26F4/c1-12-8-5-6-10-15(12)17-16(14-11-7-9-13(14)2)18(3,21)19(4,22)20(17,23)24/h5-6,8-9,14-17H,7,10-11H2,1-4H3. The van der Waals surface area contributed by atoms with Crippen LogP contribution in [0, 0.1) is 23.7 Å². The molecule has 0 nitrogen and oxygen atoms in total. The van der Waals surface area contributed by atoms with E-state index in [1.165, 1.54) is 0 Å². The highest BCUT2D eigenvalue weighted by Gasteiger charge is 2.79. The minimum atomic E-state index is -3.70. The number of alkyl halides is 4. The van der Waals surface area contributed by atoms with Crippen molar-refractivity contribution in [3.63, 3.8) is 0 Å². The molecule has 0 aromatic rings. The monoisotopic (exact) mass is 342 g/mol. The van der Waals surface area contributed by atoms with E-state index in [1.54, 1.807) is 13.0 Å². The van der Waals surface area contributed by atoms with E-state index in [0.29, 0.717) is 12.8 Å². The van der Waals surface area contributed by atoms with Crippen LogP contribution in [0.15, 0.2) is 35.5 Å². The van der Waals surface area contributed by atoms with Gasteiger partial charge in [0.05, 0.1) is 0 Å². The molecule has 0 aromatic carbocycles. The number of rotatable bonds is 2. The lowest BCUT2D eigenvalue weighted by Crippen LogP contribution is -2.51. The first-order valence-corrected chi connectivity index (χ1v) is 8.79. The highest BCUT2D eigenvalue weighted by atomic mass is 19.3. The van der Waals surface area contributed by atoms with Crippen LogP contribution in [0.1, 0.15) is 47.0 Å². The fraction of sp³-hybridized carbons (Fsp3) is 0.700. The van der Waals surface area contributed by atoms with Crippen molar-refractivity contribution in [3.8, 4) is 0 Å². The molecule has 3 aliphatic rings. The van der Waals surface area contributed by atoms with Crippen LogP contribution >= 0.6 is 0 Å². The average molecular weight is 342 g/mol. The van der Waals surface area contributed by atoms with Gasteiger partial charge in [-0.3, -0.25) is 0 Å². The van der Waals surface area contributed by atoms with Gasteiger partial charge in [-0.2, -0.15) is 0 Å². The number of halogens is 4. The maximum Gasteiger partial charge on any atom is 0.288 e. The molecule has 0 heterocycles. The van der Waals surface area contributed by atoms with Crippen molar-refractivity contribution in [2.75, 3.05) is 0 Å². The van der Waals surface area contributed by atoms with E-state index in [-0.39, 0.29) is 5.92 Å². The molecule has 0 amide bonds. The van der Waals surface area contributed by atoms with E-state index < -0.39 is 35.0 Å². The van der Waals surface area contributed by atoms with Crippen molar-refractivity contribution >= 4 is 0 Å². The Labute approximate surface area is 141 Å². The van der Waals surface area contributed by atoms with Gasteiger partial charge < -0.3 is 0 Å². The summed E-state index contributed by atoms with van der Waals surface area (Å²) >= 11 is 0. The number of hydrogen-bond donors (Lipinski definition) is 0. The number of allylic oxidation sites excluding steroid dienone is 6. The van der Waals surface area contributed by atoms with Gasteiger partial charge in [-0.15, -0.1) is 0 Å². The normalized spacial score (nSPS) is 47.7. The Hall–Kier alpha value is -1.06. The molecular formula is C20H26F4. The summed E-state index contributed by atoms with van der Waals surface area (Å²) in [5.74, 6) is -6.87. The smallest absolute Gasteiger partial charge is 0.240 e. The second-order valence-electron chi connectivity index (χ2n) is 8.07. The average Bonchev–Trinajstić information content (AvgIpc) is 2.93. The zero-order valence-electron chi connectivity index (χ0n) is 14.8. The third kappa shape index (κ3) is 2.17. The molecule has 134 valence electrons. The molecule has 1 fully saturated rings. The third-order valence-corrected chi connectivity index (χ3v) is 6.84. The molecule has 0 radical (unpaired) electrons. The second-order valence-corrected chi connectivity index (χ2v) is 8.07. The van der Waals surface area contributed by atoms with E-state index in [0.717, 1.165) is 31.4 Å². The minimum Gasteiger partial charge on any atom is -0.240 e. The predicted molar refractivity (Wildman–Crippen MR) is 88.4 cm³/mol. The fourth-order valence-electron chi connectivity index (χ4n) is 5.16. The van der Waals surface area contributed by atoms with E-state index >= 15 is 17.6 Å². The maximum absolute atomic E-state index is 15.6. The maximum atomic E-state index is 15.6. The topological polar surface area (TPSA) is 0 Å². The first kappa shape index (κ1) is 17.8. The van der Waals surface area contributed by atoms with Gasteiger partial charge in [0.15, 0.2) is 5.67 Å². The largest absolute Gasteiger partial charge is 0.288 e. The lowest BCUT2D eigenvalue weighted by molar-refractivity contribution is -0.169. The molecule has 0 bridgehead atoms. The van der Waals surface area contributed by atoms with Crippen LogP contribution in [0.3, 0.4) is 0 Å². The summed E-state index contributed by atoms with van der Waals surface area (Å²) in [6.45, 7) is 5.46. The summed E-state index contributed by atoms with van der Waals surface area (Å²) in [6.07, 6.45) is 9.23. The summed E-state index contributed by atoms with van der Waals surface area (Å²) < 4.78 is 61.1. The highest BCUT2D eigenvalue weighted by Crippen LogP contribution is 2.66. The van der Waals surface area contributed by atoms with Crippen molar-refractivity contribution in [3.05, 3.63) is 35.5 Å². The Bertz CT molecular complexity index is 609. The molecule has 0 aliphatic heterocycles. The Morgan fingerprint density at radius 3 is 2.17 bits per heavy atom. The van der Waals surface area contributed by atoms with Crippen LogP contribution < -0.4 is 0 Å². The van der Waals surface area contributed by atoms with Gasteiger partial charge in [-0.25, -0.2) is 17.6 Å². The summed E-state index contributed by atoms with van der Waals surface area (Å²) in [6, 6.07) is 0. The highest BCUT2D eigenvalue weighted by molar-refractivity contribution is 5.30. The van der Waals surface area contributed by atoms with Crippen molar-refractivity contribution in [2.24, 2.45) is 23.7 Å². The summed E-state index contributed by atoms with van der Waals surface area (Å²) in [5.41, 5.74) is -4.01. The van der Waals surface area contributed by atoms with Crippen molar-refractivity contribution in [1.82, 2.24) is 0 Å². The lowest BCUT2D eigenvalue weighted by Gasteiger charge is -2.38. The summed E-state index contributed by atoms with van der Waals surface area (Å²) in [5, 5.41) is 0. The summed E-state index contributed by atoms with van der Waals surface area (Å²) in [7, 11) is 0. The zero-order chi connectivity index (χ0) is 17.9. The molecule has 0 saturated heterocycles. The Balaban J connectivity index is 2.13. The van der Waals surface area contributed by atoms with Gasteiger partial charge in [0.2, 0.25) is 5.67 Å². The lowest BCUT2D eigenvalue weighted by atomic mass is 9.67. The Kier molecular flexibility index (Phi) is 4.05. The van der Waals surface area contributed by atoms with Crippen LogP contribution in [-0.4, -0.2) is 17.3 Å². The van der Waals surface area contributed by atoms with E-state index in [4.69, 9.17) is 0 Å². The second kappa shape index (κ2) is 5.47. The number of hydrogen-bond acceptors (Lipinski definition) is 0. The van der Waals surface area contributed by atoms with Gasteiger partial charge >= 0.3 is 0 Å². The van der Waals surface area contributed by atoms with Crippen LogP contribution in [-0.2, 0) is 0 Å². The minimum absolute atomic E-state index is 0.313. The molecule has 0 aromatic heterocycles. The van der Waals surface area contributed by atoms with Crippen LogP contribution in [0.5, 0.6) is 0 Å². The van der Waals surface area contributed by atoms with Crippen LogP contribution in [0.2, 0.25) is 0 Å². The third-order valence-electron chi connectivity index (χ3n) is 6.84. The first-order chi connectivity index (χ1) is 11.0. The quantitative estimate of drug-likeness (QED) is 0.414. The molecule has 3 rings (SSSR count). The van der Waals surface area contributed by atoms with Gasteiger partial charge in [0, 0.05) is 11.8 Å². The Morgan fingerprint density at radius 1 is 0.958 bits per heavy atom. The van der Waals surface area contributed by atoms with Crippen LogP contribution in [0.25, 0.3) is 0 Å². The van der Waals surface area contributed by atoms with Gasteiger partial charge in [-0.1, -0.05) is 35.5 Å². The van der Waals surface area contributed by atoms with E-state index in [9.17, 15) is 0 Å². The van der Waals surface area contributed by atoms with E-state index in [1.807, 2.05) is 25.2 Å². The van der Waals surface area contributed by atoms with Crippen molar-refractivity contribution in [1.29, 1.82) is 0 Å². The van der Waals surface area contributed by atoms with Crippen molar-refractivity contribution < 1.29 is 17.6 Å². The zero-order valence-corrected chi connectivity index (χ0v) is 14.8. The SMILES string of the molecule is CC1=CCCC1C1C(C2CC=CC=C2C)C(F)(F)C(C)(F)C1(C)F. The molecule has 0 N–H and O–H groups in total. The molecule has 1 saturated carbocycles. The fourth-order valence-corrected chi connectivity index (χ4v) is 5.16. The molecule has 0 spiro atoms. The summed E-state index contributed by atoms with van der Waals surface area (Å²) in [4.78, 5) is 0. The Morgan fingerprint density at radius 2 is 1.62 bits per heavy atom. The predicted octanol–water partition coefficient (Wildman–Crippen LogP) is 6.20. The molecule has 6 unspecified atom stereocenters. The molecule has 24 heavy (non-hydrogen) atoms. The molecule has 4 heteroatoms. The van der Waals surface area contributed by atoms with Gasteiger partial charge in [0.1, 0.15) is 0 Å². The molecule has 6 atom stereocenters. The molecular weight excluding hydrogens is 316 g/mol. The van der Waals surface area contributed by atoms with Crippen LogP contribution in [0.4, 0.5) is 17.6 Å². The van der Waals surface area contributed by atoms with Crippen molar-refractivity contribution in [2.45, 2.75) is 64.2 Å².